The van der Waals surface area contributed by atoms with Crippen molar-refractivity contribution in [2.24, 2.45) is 0 Å². The summed E-state index contributed by atoms with van der Waals surface area (Å²) in [6.45, 7) is 3.39. The number of benzene rings is 1. The number of nitrogens with one attached hydrogen (secondary N) is 2. The van der Waals surface area contributed by atoms with Crippen LogP contribution in [0.2, 0.25) is 0 Å². The minimum atomic E-state index is -0.333. The van der Waals surface area contributed by atoms with Crippen molar-refractivity contribution in [2.75, 3.05) is 11.9 Å². The van der Waals surface area contributed by atoms with E-state index in [4.69, 9.17) is 0 Å². The van der Waals surface area contributed by atoms with Gasteiger partial charge in [0.05, 0.1) is 13.1 Å². The molecule has 0 saturated heterocycles. The number of amides is 1. The van der Waals surface area contributed by atoms with Crippen LogP contribution in [-0.2, 0) is 17.9 Å². The minimum absolute atomic E-state index is 0.147. The number of aromatic nitrogens is 3. The van der Waals surface area contributed by atoms with Gasteiger partial charge in [0.2, 0.25) is 5.91 Å². The number of nitrogens with zero attached hydrogens (tertiary/aromatic N) is 3. The zero-order valence-electron chi connectivity index (χ0n) is 11.1. The number of halogens is 1. The molecule has 0 aliphatic rings. The van der Waals surface area contributed by atoms with Gasteiger partial charge in [-0.2, -0.15) is 0 Å². The summed E-state index contributed by atoms with van der Waals surface area (Å²) in [4.78, 5) is 11.7. The van der Waals surface area contributed by atoms with E-state index in [9.17, 15) is 9.18 Å². The molecule has 0 fully saturated rings. The Morgan fingerprint density at radius 2 is 2.10 bits per heavy atom. The maximum Gasteiger partial charge on any atom is 0.238 e. The highest BCUT2D eigenvalue weighted by atomic mass is 19.1. The lowest BCUT2D eigenvalue weighted by atomic mass is 10.3. The predicted octanol–water partition coefficient (Wildman–Crippen LogP) is 1.17. The van der Waals surface area contributed by atoms with Gasteiger partial charge in [-0.1, -0.05) is 0 Å². The second kappa shape index (κ2) is 6.76. The molecule has 1 aromatic heterocycles. The van der Waals surface area contributed by atoms with Gasteiger partial charge >= 0.3 is 0 Å². The minimum Gasteiger partial charge on any atom is -0.325 e. The second-order valence-electron chi connectivity index (χ2n) is 4.19. The van der Waals surface area contributed by atoms with Gasteiger partial charge in [-0.3, -0.25) is 4.79 Å². The van der Waals surface area contributed by atoms with Crippen LogP contribution in [-0.4, -0.2) is 27.2 Å². The molecule has 0 aliphatic carbocycles. The molecular weight excluding hydrogens is 261 g/mol. The summed E-state index contributed by atoms with van der Waals surface area (Å²) in [6.07, 6.45) is 1.65. The molecular formula is C13H16FN5O. The fraction of sp³-hybridized carbons (Fsp3) is 0.308. The van der Waals surface area contributed by atoms with Gasteiger partial charge in [0.25, 0.3) is 0 Å². The summed E-state index contributed by atoms with van der Waals surface area (Å²) < 4.78 is 14.6. The summed E-state index contributed by atoms with van der Waals surface area (Å²) in [6, 6.07) is 5.63. The Morgan fingerprint density at radius 3 is 2.80 bits per heavy atom. The van der Waals surface area contributed by atoms with Gasteiger partial charge in [-0.25, -0.2) is 4.39 Å². The third-order valence-corrected chi connectivity index (χ3v) is 2.73. The summed E-state index contributed by atoms with van der Waals surface area (Å²) >= 11 is 0. The molecule has 1 aromatic carbocycles. The Bertz CT molecular complexity index is 566. The fourth-order valence-corrected chi connectivity index (χ4v) is 1.71. The number of carbonyl (C=O) groups is 1. The SMILES string of the molecule is CCn1cnnc1CNCC(=O)Nc1ccc(F)cc1. The van der Waals surface area contributed by atoms with Crippen molar-refractivity contribution in [1.82, 2.24) is 20.1 Å². The number of hydrogen-bond acceptors (Lipinski definition) is 4. The van der Waals surface area contributed by atoms with Crippen LogP contribution in [0.25, 0.3) is 0 Å². The molecule has 2 rings (SSSR count). The van der Waals surface area contributed by atoms with E-state index < -0.39 is 0 Å². The van der Waals surface area contributed by atoms with Crippen molar-refractivity contribution in [2.45, 2.75) is 20.0 Å². The first-order valence-corrected chi connectivity index (χ1v) is 6.32. The molecule has 0 atom stereocenters. The van der Waals surface area contributed by atoms with Crippen LogP contribution >= 0.6 is 0 Å². The van der Waals surface area contributed by atoms with Crippen molar-refractivity contribution in [3.8, 4) is 0 Å². The van der Waals surface area contributed by atoms with E-state index in [-0.39, 0.29) is 18.3 Å². The molecule has 1 amide bonds. The summed E-state index contributed by atoms with van der Waals surface area (Å²) in [5, 5.41) is 13.4. The van der Waals surface area contributed by atoms with Gasteiger partial charge in [-0.15, -0.1) is 10.2 Å². The largest absolute Gasteiger partial charge is 0.325 e. The smallest absolute Gasteiger partial charge is 0.238 e. The van der Waals surface area contributed by atoms with E-state index in [0.717, 1.165) is 12.4 Å². The molecule has 0 saturated carbocycles. The van der Waals surface area contributed by atoms with Gasteiger partial charge in [0.15, 0.2) is 0 Å². The van der Waals surface area contributed by atoms with Crippen molar-refractivity contribution in [3.05, 3.63) is 42.2 Å². The number of carbonyl (C=O) groups excluding carboxylic acids is 1. The van der Waals surface area contributed by atoms with Crippen LogP contribution in [0.4, 0.5) is 10.1 Å². The predicted molar refractivity (Wildman–Crippen MR) is 72.4 cm³/mol. The zero-order valence-corrected chi connectivity index (χ0v) is 11.1. The molecule has 0 spiro atoms. The van der Waals surface area contributed by atoms with Crippen LogP contribution in [0.1, 0.15) is 12.7 Å². The molecule has 6 nitrogen and oxygen atoms in total. The number of aryl methyl sites for hydroxylation is 1. The molecule has 0 radical (unpaired) electrons. The Balaban J connectivity index is 1.76. The van der Waals surface area contributed by atoms with Crippen molar-refractivity contribution in [1.29, 1.82) is 0 Å². The molecule has 106 valence electrons. The highest BCUT2D eigenvalue weighted by molar-refractivity contribution is 5.92. The van der Waals surface area contributed by atoms with Crippen molar-refractivity contribution >= 4 is 11.6 Å². The topological polar surface area (TPSA) is 71.8 Å². The van der Waals surface area contributed by atoms with Crippen LogP contribution in [0.15, 0.2) is 30.6 Å². The van der Waals surface area contributed by atoms with Crippen molar-refractivity contribution in [3.63, 3.8) is 0 Å². The van der Waals surface area contributed by atoms with Gasteiger partial charge < -0.3 is 15.2 Å². The average Bonchev–Trinajstić information content (AvgIpc) is 2.89. The molecule has 20 heavy (non-hydrogen) atoms. The highest BCUT2D eigenvalue weighted by Crippen LogP contribution is 2.07. The van der Waals surface area contributed by atoms with E-state index in [0.29, 0.717) is 12.2 Å². The maximum absolute atomic E-state index is 12.7. The lowest BCUT2D eigenvalue weighted by molar-refractivity contribution is -0.115. The number of anilines is 1. The quantitative estimate of drug-likeness (QED) is 0.831. The van der Waals surface area contributed by atoms with Crippen LogP contribution in [0.3, 0.4) is 0 Å². The first-order chi connectivity index (χ1) is 9.69. The number of hydrogen-bond donors (Lipinski definition) is 2. The van der Waals surface area contributed by atoms with Gasteiger partial charge in [-0.05, 0) is 31.2 Å². The Hall–Kier alpha value is -2.28. The van der Waals surface area contributed by atoms with E-state index >= 15 is 0 Å². The normalized spacial score (nSPS) is 10.5. The van der Waals surface area contributed by atoms with E-state index in [2.05, 4.69) is 20.8 Å². The van der Waals surface area contributed by atoms with Crippen LogP contribution < -0.4 is 10.6 Å². The third-order valence-electron chi connectivity index (χ3n) is 2.73. The summed E-state index contributed by atoms with van der Waals surface area (Å²) in [5.74, 6) is 0.251. The zero-order chi connectivity index (χ0) is 14.4. The Morgan fingerprint density at radius 1 is 1.35 bits per heavy atom. The molecule has 0 unspecified atom stereocenters. The molecule has 2 aromatic rings. The first kappa shape index (κ1) is 14.1. The molecule has 0 bridgehead atoms. The van der Waals surface area contributed by atoms with Gasteiger partial charge in [0.1, 0.15) is 18.0 Å². The Labute approximate surface area is 116 Å². The summed E-state index contributed by atoms with van der Waals surface area (Å²) in [7, 11) is 0. The second-order valence-corrected chi connectivity index (χ2v) is 4.19. The first-order valence-electron chi connectivity index (χ1n) is 6.32. The molecule has 2 N–H and O–H groups in total. The van der Waals surface area contributed by atoms with E-state index in [1.165, 1.54) is 24.3 Å². The van der Waals surface area contributed by atoms with E-state index in [1.807, 2.05) is 11.5 Å². The van der Waals surface area contributed by atoms with Crippen LogP contribution in [0.5, 0.6) is 0 Å². The average molecular weight is 277 g/mol. The molecule has 1 heterocycles. The van der Waals surface area contributed by atoms with Crippen LogP contribution in [0, 0.1) is 5.82 Å². The standard InChI is InChI=1S/C13H16FN5O/c1-2-19-9-16-18-12(19)7-15-8-13(20)17-11-5-3-10(14)4-6-11/h3-6,9,15H,2,7-8H2,1H3,(H,17,20). The fourth-order valence-electron chi connectivity index (χ4n) is 1.71. The molecule has 0 aliphatic heterocycles. The van der Waals surface area contributed by atoms with Gasteiger partial charge in [0, 0.05) is 12.2 Å². The Kier molecular flexibility index (Phi) is 4.78. The monoisotopic (exact) mass is 277 g/mol. The van der Waals surface area contributed by atoms with Crippen molar-refractivity contribution < 1.29 is 9.18 Å². The third kappa shape index (κ3) is 3.86. The molecule has 7 heteroatoms. The lowest BCUT2D eigenvalue weighted by Crippen LogP contribution is -2.28. The van der Waals surface area contributed by atoms with E-state index in [1.54, 1.807) is 6.33 Å². The summed E-state index contributed by atoms with van der Waals surface area (Å²) in [5.41, 5.74) is 0.565. The lowest BCUT2D eigenvalue weighted by Gasteiger charge is -2.07. The highest BCUT2D eigenvalue weighted by Gasteiger charge is 2.05. The number of rotatable bonds is 6. The maximum atomic E-state index is 12.7.